The zero-order valence-electron chi connectivity index (χ0n) is 15.6. The smallest absolute Gasteiger partial charge is 0.258 e. The average Bonchev–Trinajstić information content (AvgIpc) is 3.21. The van der Waals surface area contributed by atoms with Crippen LogP contribution in [-0.4, -0.2) is 21.7 Å². The van der Waals surface area contributed by atoms with Crippen molar-refractivity contribution >= 4 is 17.3 Å². The van der Waals surface area contributed by atoms with Crippen molar-refractivity contribution in [2.75, 3.05) is 10.6 Å². The largest absolute Gasteiger partial charge is 0.382 e. The van der Waals surface area contributed by atoms with Crippen molar-refractivity contribution in [1.82, 2.24) is 9.78 Å². The molecule has 2 aromatic carbocycles. The maximum absolute atomic E-state index is 13.9. The average molecular weight is 378 g/mol. The van der Waals surface area contributed by atoms with Gasteiger partial charge in [0.25, 0.3) is 5.91 Å². The summed E-state index contributed by atoms with van der Waals surface area (Å²) >= 11 is 0. The van der Waals surface area contributed by atoms with Crippen molar-refractivity contribution in [3.63, 3.8) is 0 Å². The zero-order valence-corrected chi connectivity index (χ0v) is 15.6. The molecule has 3 aromatic rings. The van der Waals surface area contributed by atoms with Crippen LogP contribution in [0.2, 0.25) is 0 Å². The van der Waals surface area contributed by atoms with Crippen LogP contribution >= 0.6 is 0 Å². The molecule has 0 radical (unpaired) electrons. The molecular weight excluding hydrogens is 355 g/mol. The van der Waals surface area contributed by atoms with Crippen LogP contribution in [0.15, 0.2) is 60.9 Å². The predicted octanol–water partition coefficient (Wildman–Crippen LogP) is 5.01. The molecule has 4 rings (SSSR count). The van der Waals surface area contributed by atoms with E-state index in [0.29, 0.717) is 23.0 Å². The number of nitrogens with zero attached hydrogens (tertiary/aromatic N) is 2. The van der Waals surface area contributed by atoms with Gasteiger partial charge in [0.1, 0.15) is 11.5 Å². The van der Waals surface area contributed by atoms with E-state index in [9.17, 15) is 9.18 Å². The van der Waals surface area contributed by atoms with Gasteiger partial charge < -0.3 is 10.6 Å². The maximum Gasteiger partial charge on any atom is 0.258 e. The summed E-state index contributed by atoms with van der Waals surface area (Å²) in [6.07, 6.45) is 9.28. The lowest BCUT2D eigenvalue weighted by atomic mass is 9.95. The number of carbonyl (C=O) groups excluding carboxylic acids is 1. The Morgan fingerprint density at radius 1 is 1.00 bits per heavy atom. The SMILES string of the molecule is O=C(Nc1ccc(NC2CCCCC2)cc1)c1cnn(-c2ccccc2F)c1. The molecule has 0 unspecified atom stereocenters. The molecule has 0 bridgehead atoms. The molecule has 0 aliphatic heterocycles. The fourth-order valence-electron chi connectivity index (χ4n) is 3.55. The summed E-state index contributed by atoms with van der Waals surface area (Å²) in [7, 11) is 0. The summed E-state index contributed by atoms with van der Waals surface area (Å²) in [4.78, 5) is 12.5. The van der Waals surface area contributed by atoms with E-state index in [2.05, 4.69) is 15.7 Å². The van der Waals surface area contributed by atoms with Gasteiger partial charge in [-0.3, -0.25) is 4.79 Å². The van der Waals surface area contributed by atoms with E-state index in [-0.39, 0.29) is 5.91 Å². The summed E-state index contributed by atoms with van der Waals surface area (Å²) in [5.41, 5.74) is 2.45. The van der Waals surface area contributed by atoms with E-state index in [1.807, 2.05) is 24.3 Å². The number of rotatable bonds is 5. The van der Waals surface area contributed by atoms with E-state index >= 15 is 0 Å². The highest BCUT2D eigenvalue weighted by molar-refractivity contribution is 6.04. The molecule has 0 spiro atoms. The van der Waals surface area contributed by atoms with Crippen molar-refractivity contribution in [2.45, 2.75) is 38.1 Å². The Bertz CT molecular complexity index is 945. The van der Waals surface area contributed by atoms with Gasteiger partial charge in [0, 0.05) is 23.6 Å². The molecule has 0 saturated heterocycles. The Labute approximate surface area is 163 Å². The third kappa shape index (κ3) is 4.22. The van der Waals surface area contributed by atoms with Gasteiger partial charge in [-0.05, 0) is 49.2 Å². The Hall–Kier alpha value is -3.15. The van der Waals surface area contributed by atoms with Crippen molar-refractivity contribution in [1.29, 1.82) is 0 Å². The molecule has 28 heavy (non-hydrogen) atoms. The van der Waals surface area contributed by atoms with Gasteiger partial charge in [0.15, 0.2) is 0 Å². The van der Waals surface area contributed by atoms with Crippen molar-refractivity contribution in [2.24, 2.45) is 0 Å². The monoisotopic (exact) mass is 378 g/mol. The normalized spacial score (nSPS) is 14.6. The van der Waals surface area contributed by atoms with Crippen LogP contribution < -0.4 is 10.6 Å². The number of benzene rings is 2. The van der Waals surface area contributed by atoms with Crippen molar-refractivity contribution in [3.05, 3.63) is 72.3 Å². The Morgan fingerprint density at radius 2 is 1.71 bits per heavy atom. The molecule has 1 aromatic heterocycles. The first-order valence-electron chi connectivity index (χ1n) is 9.66. The summed E-state index contributed by atoms with van der Waals surface area (Å²) in [6.45, 7) is 0. The van der Waals surface area contributed by atoms with Gasteiger partial charge in [-0.15, -0.1) is 0 Å². The summed E-state index contributed by atoms with van der Waals surface area (Å²) in [5, 5.41) is 10.5. The molecule has 5 nitrogen and oxygen atoms in total. The minimum Gasteiger partial charge on any atom is -0.382 e. The molecule has 144 valence electrons. The first-order valence-corrected chi connectivity index (χ1v) is 9.66. The lowest BCUT2D eigenvalue weighted by Gasteiger charge is -2.23. The van der Waals surface area contributed by atoms with Gasteiger partial charge in [-0.2, -0.15) is 5.10 Å². The van der Waals surface area contributed by atoms with Crippen LogP contribution in [0.1, 0.15) is 42.5 Å². The second-order valence-corrected chi connectivity index (χ2v) is 7.14. The highest BCUT2D eigenvalue weighted by Gasteiger charge is 2.14. The standard InChI is InChI=1S/C22H23FN4O/c23-20-8-4-5-9-21(20)27-15-16(14-24-27)22(28)26-19-12-10-18(11-13-19)25-17-6-2-1-3-7-17/h4-5,8-15,17,25H,1-3,6-7H2,(H,26,28). The summed E-state index contributed by atoms with van der Waals surface area (Å²) in [6, 6.07) is 14.6. The number of anilines is 2. The van der Waals surface area contributed by atoms with Crippen molar-refractivity contribution in [3.8, 4) is 5.69 Å². The molecule has 1 amide bonds. The highest BCUT2D eigenvalue weighted by atomic mass is 19.1. The number of amides is 1. The lowest BCUT2D eigenvalue weighted by Crippen LogP contribution is -2.22. The van der Waals surface area contributed by atoms with Gasteiger partial charge >= 0.3 is 0 Å². The summed E-state index contributed by atoms with van der Waals surface area (Å²) < 4.78 is 15.2. The number of nitrogens with one attached hydrogen (secondary N) is 2. The Balaban J connectivity index is 1.39. The lowest BCUT2D eigenvalue weighted by molar-refractivity contribution is 0.102. The molecule has 0 atom stereocenters. The number of halogens is 1. The van der Waals surface area contributed by atoms with Gasteiger partial charge in [0.05, 0.1) is 11.8 Å². The quantitative estimate of drug-likeness (QED) is 0.656. The predicted molar refractivity (Wildman–Crippen MR) is 108 cm³/mol. The topological polar surface area (TPSA) is 59.0 Å². The third-order valence-corrected chi connectivity index (χ3v) is 5.06. The fourth-order valence-corrected chi connectivity index (χ4v) is 3.55. The van der Waals surface area contributed by atoms with Crippen LogP contribution in [0.3, 0.4) is 0 Å². The number of carbonyl (C=O) groups is 1. The van der Waals surface area contributed by atoms with Crippen LogP contribution in [0.5, 0.6) is 0 Å². The van der Waals surface area contributed by atoms with Crippen LogP contribution in [0.25, 0.3) is 5.69 Å². The molecule has 1 heterocycles. The van der Waals surface area contributed by atoms with E-state index < -0.39 is 5.82 Å². The Morgan fingerprint density at radius 3 is 2.46 bits per heavy atom. The molecule has 1 aliphatic rings. The minimum atomic E-state index is -0.390. The number of hydrogen-bond donors (Lipinski definition) is 2. The first-order chi connectivity index (χ1) is 13.7. The molecular formula is C22H23FN4O. The number of hydrogen-bond acceptors (Lipinski definition) is 3. The maximum atomic E-state index is 13.9. The van der Waals surface area contributed by atoms with Crippen LogP contribution in [0.4, 0.5) is 15.8 Å². The van der Waals surface area contributed by atoms with Gasteiger partial charge in [0.2, 0.25) is 0 Å². The second-order valence-electron chi connectivity index (χ2n) is 7.14. The third-order valence-electron chi connectivity index (χ3n) is 5.06. The zero-order chi connectivity index (χ0) is 19.3. The second kappa shape index (κ2) is 8.25. The molecule has 6 heteroatoms. The van der Waals surface area contributed by atoms with E-state index in [4.69, 9.17) is 0 Å². The molecule has 1 saturated carbocycles. The van der Waals surface area contributed by atoms with Crippen LogP contribution in [0, 0.1) is 5.82 Å². The number of para-hydroxylation sites is 1. The Kier molecular flexibility index (Phi) is 5.37. The van der Waals surface area contributed by atoms with E-state index in [0.717, 1.165) is 5.69 Å². The fraction of sp³-hybridized carbons (Fsp3) is 0.273. The number of aromatic nitrogens is 2. The van der Waals surface area contributed by atoms with E-state index in [1.165, 1.54) is 55.2 Å². The van der Waals surface area contributed by atoms with Gasteiger partial charge in [-0.1, -0.05) is 31.4 Å². The summed E-state index contributed by atoms with van der Waals surface area (Å²) in [5.74, 6) is -0.672. The first kappa shape index (κ1) is 18.2. The van der Waals surface area contributed by atoms with Crippen molar-refractivity contribution < 1.29 is 9.18 Å². The van der Waals surface area contributed by atoms with E-state index in [1.54, 1.807) is 18.2 Å². The molecule has 1 fully saturated rings. The van der Waals surface area contributed by atoms with Gasteiger partial charge in [-0.25, -0.2) is 9.07 Å². The minimum absolute atomic E-state index is 0.282. The van der Waals surface area contributed by atoms with Crippen LogP contribution in [-0.2, 0) is 0 Å². The molecule has 1 aliphatic carbocycles. The highest BCUT2D eigenvalue weighted by Crippen LogP contribution is 2.23. The molecule has 2 N–H and O–H groups in total.